The van der Waals surface area contributed by atoms with E-state index in [1.807, 2.05) is 0 Å². The molecular formula is C59H102O6. The molecule has 0 fully saturated rings. The fourth-order valence-corrected chi connectivity index (χ4v) is 7.46. The van der Waals surface area contributed by atoms with E-state index in [0.29, 0.717) is 19.3 Å². The fourth-order valence-electron chi connectivity index (χ4n) is 7.46. The van der Waals surface area contributed by atoms with Crippen LogP contribution in [-0.4, -0.2) is 37.2 Å². The first-order chi connectivity index (χ1) is 32.0. The highest BCUT2D eigenvalue weighted by molar-refractivity contribution is 5.71. The Morgan fingerprint density at radius 3 is 0.954 bits per heavy atom. The minimum Gasteiger partial charge on any atom is -0.462 e. The standard InChI is InChI=1S/C59H102O6/c1-4-7-10-13-16-19-22-25-27-28-29-30-31-32-33-35-37-40-43-46-49-52-58(61)64-55-56(54-63-57(60)51-48-45-42-39-36-24-21-18-15-12-9-6-3)65-59(62)53-50-47-44-41-38-34-26-23-20-17-14-11-8-5-2/h14,17-18,21-23,25-26,28-29,31-32,56H,4-13,15-16,19-20,24,27,30,33-55H2,1-3H3/b17-14-,21-18-,25-22-,26-23-,29-28-,32-31-. The molecule has 0 saturated heterocycles. The predicted molar refractivity (Wildman–Crippen MR) is 279 cm³/mol. The topological polar surface area (TPSA) is 78.9 Å². The zero-order valence-electron chi connectivity index (χ0n) is 42.7. The Bertz CT molecular complexity index is 1230. The van der Waals surface area contributed by atoms with Gasteiger partial charge in [-0.25, -0.2) is 0 Å². The van der Waals surface area contributed by atoms with E-state index in [4.69, 9.17) is 14.2 Å². The van der Waals surface area contributed by atoms with Crippen molar-refractivity contribution in [1.82, 2.24) is 0 Å². The van der Waals surface area contributed by atoms with E-state index in [9.17, 15) is 14.4 Å². The summed E-state index contributed by atoms with van der Waals surface area (Å²) in [4.78, 5) is 38.0. The second-order valence-electron chi connectivity index (χ2n) is 18.1. The summed E-state index contributed by atoms with van der Waals surface area (Å²) in [5, 5.41) is 0. The third kappa shape index (κ3) is 51.7. The Hall–Kier alpha value is -3.15. The number of carbonyl (C=O) groups is 3. The first kappa shape index (κ1) is 61.9. The fraction of sp³-hybridized carbons (Fsp3) is 0.746. The van der Waals surface area contributed by atoms with E-state index >= 15 is 0 Å². The molecule has 6 nitrogen and oxygen atoms in total. The molecule has 0 rings (SSSR count). The third-order valence-corrected chi connectivity index (χ3v) is 11.7. The first-order valence-electron chi connectivity index (χ1n) is 27.4. The van der Waals surface area contributed by atoms with Crippen LogP contribution in [0, 0.1) is 0 Å². The zero-order valence-corrected chi connectivity index (χ0v) is 42.7. The minimum atomic E-state index is -0.791. The molecule has 0 radical (unpaired) electrons. The highest BCUT2D eigenvalue weighted by atomic mass is 16.6. The Labute approximate surface area is 402 Å². The summed E-state index contributed by atoms with van der Waals surface area (Å²) in [6.07, 6.45) is 67.4. The van der Waals surface area contributed by atoms with Crippen LogP contribution in [0.5, 0.6) is 0 Å². The van der Waals surface area contributed by atoms with Crippen LogP contribution in [0.2, 0.25) is 0 Å². The molecule has 1 atom stereocenters. The number of esters is 3. The summed E-state index contributed by atoms with van der Waals surface area (Å²) in [6, 6.07) is 0. The number of unbranched alkanes of at least 4 members (excludes halogenated alkanes) is 26. The van der Waals surface area contributed by atoms with E-state index in [0.717, 1.165) is 109 Å². The van der Waals surface area contributed by atoms with Gasteiger partial charge in [0.25, 0.3) is 0 Å². The molecule has 0 aliphatic heterocycles. The van der Waals surface area contributed by atoms with Crippen LogP contribution in [0.3, 0.4) is 0 Å². The number of carbonyl (C=O) groups excluding carboxylic acids is 3. The van der Waals surface area contributed by atoms with Gasteiger partial charge in [-0.1, -0.05) is 209 Å². The second kappa shape index (κ2) is 53.5. The molecule has 0 aromatic carbocycles. The average molecular weight is 907 g/mol. The molecule has 0 aliphatic rings. The maximum absolute atomic E-state index is 12.8. The Morgan fingerprint density at radius 1 is 0.308 bits per heavy atom. The molecule has 0 saturated carbocycles. The van der Waals surface area contributed by atoms with Crippen LogP contribution in [0.4, 0.5) is 0 Å². The van der Waals surface area contributed by atoms with Gasteiger partial charge in [0.1, 0.15) is 13.2 Å². The van der Waals surface area contributed by atoms with Crippen LogP contribution in [0.25, 0.3) is 0 Å². The number of allylic oxidation sites excluding steroid dienone is 12. The minimum absolute atomic E-state index is 0.0899. The summed E-state index contributed by atoms with van der Waals surface area (Å²) < 4.78 is 16.8. The Balaban J connectivity index is 4.38. The van der Waals surface area contributed by atoms with Gasteiger partial charge < -0.3 is 14.2 Å². The Morgan fingerprint density at radius 2 is 0.569 bits per heavy atom. The number of rotatable bonds is 49. The van der Waals surface area contributed by atoms with Gasteiger partial charge in [0.15, 0.2) is 6.10 Å². The molecule has 0 aromatic rings. The summed E-state index contributed by atoms with van der Waals surface area (Å²) in [7, 11) is 0. The lowest BCUT2D eigenvalue weighted by Crippen LogP contribution is -2.30. The van der Waals surface area contributed by atoms with Crippen molar-refractivity contribution in [2.75, 3.05) is 13.2 Å². The van der Waals surface area contributed by atoms with Crippen LogP contribution in [-0.2, 0) is 28.6 Å². The maximum atomic E-state index is 12.8. The molecule has 0 amide bonds. The normalized spacial score (nSPS) is 12.6. The van der Waals surface area contributed by atoms with Gasteiger partial charge in [-0.3, -0.25) is 14.4 Å². The third-order valence-electron chi connectivity index (χ3n) is 11.7. The Kier molecular flexibility index (Phi) is 50.9. The number of hydrogen-bond donors (Lipinski definition) is 0. The van der Waals surface area contributed by atoms with Crippen molar-refractivity contribution < 1.29 is 28.6 Å². The van der Waals surface area contributed by atoms with Crippen LogP contribution in [0.15, 0.2) is 72.9 Å². The molecule has 1 unspecified atom stereocenters. The lowest BCUT2D eigenvalue weighted by Gasteiger charge is -2.18. The highest BCUT2D eigenvalue weighted by Gasteiger charge is 2.19. The van der Waals surface area contributed by atoms with E-state index < -0.39 is 6.10 Å². The summed E-state index contributed by atoms with van der Waals surface area (Å²) in [5.74, 6) is -0.922. The summed E-state index contributed by atoms with van der Waals surface area (Å²) in [5.41, 5.74) is 0. The second-order valence-corrected chi connectivity index (χ2v) is 18.1. The molecule has 0 spiro atoms. The van der Waals surface area contributed by atoms with Crippen LogP contribution >= 0.6 is 0 Å². The molecule has 0 aliphatic carbocycles. The molecule has 6 heteroatoms. The van der Waals surface area contributed by atoms with Crippen molar-refractivity contribution in [2.45, 2.75) is 271 Å². The lowest BCUT2D eigenvalue weighted by molar-refractivity contribution is -0.167. The largest absolute Gasteiger partial charge is 0.462 e. The average Bonchev–Trinajstić information content (AvgIpc) is 3.30. The lowest BCUT2D eigenvalue weighted by atomic mass is 10.1. The zero-order chi connectivity index (χ0) is 47.2. The molecule has 0 bridgehead atoms. The van der Waals surface area contributed by atoms with Gasteiger partial charge in [-0.15, -0.1) is 0 Å². The number of hydrogen-bond acceptors (Lipinski definition) is 6. The van der Waals surface area contributed by atoms with E-state index in [1.165, 1.54) is 116 Å². The molecule has 65 heavy (non-hydrogen) atoms. The van der Waals surface area contributed by atoms with Gasteiger partial charge in [0.2, 0.25) is 0 Å². The molecule has 0 heterocycles. The highest BCUT2D eigenvalue weighted by Crippen LogP contribution is 2.14. The van der Waals surface area contributed by atoms with Crippen molar-refractivity contribution in [1.29, 1.82) is 0 Å². The monoisotopic (exact) mass is 907 g/mol. The van der Waals surface area contributed by atoms with E-state index in [1.54, 1.807) is 0 Å². The van der Waals surface area contributed by atoms with Crippen molar-refractivity contribution in [3.63, 3.8) is 0 Å². The van der Waals surface area contributed by atoms with E-state index in [-0.39, 0.29) is 31.1 Å². The number of ether oxygens (including phenoxy) is 3. The van der Waals surface area contributed by atoms with Crippen molar-refractivity contribution in [2.24, 2.45) is 0 Å². The quantitative estimate of drug-likeness (QED) is 0.0262. The van der Waals surface area contributed by atoms with Gasteiger partial charge in [-0.05, 0) is 109 Å². The van der Waals surface area contributed by atoms with Crippen molar-refractivity contribution in [3.05, 3.63) is 72.9 Å². The van der Waals surface area contributed by atoms with Gasteiger partial charge in [0, 0.05) is 19.3 Å². The van der Waals surface area contributed by atoms with Gasteiger partial charge in [0.05, 0.1) is 0 Å². The molecule has 374 valence electrons. The molecule has 0 aromatic heterocycles. The summed E-state index contributed by atoms with van der Waals surface area (Å²) >= 11 is 0. The van der Waals surface area contributed by atoms with Crippen molar-refractivity contribution in [3.8, 4) is 0 Å². The van der Waals surface area contributed by atoms with Crippen LogP contribution in [0.1, 0.15) is 265 Å². The van der Waals surface area contributed by atoms with Gasteiger partial charge >= 0.3 is 17.9 Å². The van der Waals surface area contributed by atoms with E-state index in [2.05, 4.69) is 93.7 Å². The molecular weight excluding hydrogens is 805 g/mol. The smallest absolute Gasteiger partial charge is 0.306 e. The van der Waals surface area contributed by atoms with Crippen LogP contribution < -0.4 is 0 Å². The van der Waals surface area contributed by atoms with Gasteiger partial charge in [-0.2, -0.15) is 0 Å². The maximum Gasteiger partial charge on any atom is 0.306 e. The van der Waals surface area contributed by atoms with Crippen molar-refractivity contribution >= 4 is 17.9 Å². The summed E-state index contributed by atoms with van der Waals surface area (Å²) in [6.45, 7) is 6.54. The predicted octanol–water partition coefficient (Wildman–Crippen LogP) is 18.2. The SMILES string of the molecule is CCCC/C=C\C/C=C\CCCCCCCC(=O)OC(COC(=O)CCCCCCC/C=C\CCCCC)COC(=O)CCCCCCCC/C=C\C/C=C\C/C=C\CCCCCCC. The molecule has 0 N–H and O–H groups in total. The first-order valence-corrected chi connectivity index (χ1v) is 27.4.